The Hall–Kier alpha value is 0.394. The van der Waals surface area contributed by atoms with Crippen molar-refractivity contribution >= 4 is 16.6 Å². The van der Waals surface area contributed by atoms with Gasteiger partial charge in [-0.3, -0.25) is 0 Å². The summed E-state index contributed by atoms with van der Waals surface area (Å²) in [5.74, 6) is 0. The normalized spacial score (nSPS) is 30.5. The monoisotopic (exact) mass is 486 g/mol. The first-order valence-electron chi connectivity index (χ1n) is 16.0. The Bertz CT molecular complexity index is 478. The second-order valence-electron chi connectivity index (χ2n) is 13.7. The molecule has 6 rings (SSSR count). The van der Waals surface area contributed by atoms with E-state index in [0.717, 1.165) is 33.2 Å². The fourth-order valence-electron chi connectivity index (χ4n) is 11.1. The smallest absolute Gasteiger partial charge is 0.189 e. The van der Waals surface area contributed by atoms with E-state index in [2.05, 4.69) is 0 Å². The lowest BCUT2D eigenvalue weighted by Crippen LogP contribution is -2.63. The first-order chi connectivity index (χ1) is 16.3. The summed E-state index contributed by atoms with van der Waals surface area (Å²) >= 11 is 0. The third-order valence-corrected chi connectivity index (χ3v) is 26.3. The average Bonchev–Trinajstić information content (AvgIpc) is 3.72. The van der Waals surface area contributed by atoms with E-state index in [-0.39, 0.29) is 0 Å². The van der Waals surface area contributed by atoms with E-state index in [9.17, 15) is 0 Å². The number of rotatable bonds is 8. The van der Waals surface area contributed by atoms with Gasteiger partial charge in [-0.15, -0.1) is 0 Å². The Balaban J connectivity index is 1.47. The molecule has 0 aromatic rings. The van der Waals surface area contributed by atoms with Gasteiger partial charge in [0.1, 0.15) is 0 Å². The Morgan fingerprint density at radius 2 is 0.424 bits per heavy atom. The van der Waals surface area contributed by atoms with Crippen molar-refractivity contribution in [2.75, 3.05) is 0 Å². The SMILES string of the molecule is C1CCC([Si](O[Si](C2CCCC2)(C2CCCC2)C2CCCC2)(C2CCCC2)C2CCCC2)C1. The highest BCUT2D eigenvalue weighted by molar-refractivity contribution is 6.91. The van der Waals surface area contributed by atoms with Crippen molar-refractivity contribution in [2.24, 2.45) is 0 Å². The molecule has 0 atom stereocenters. The average molecular weight is 487 g/mol. The molecule has 6 fully saturated rings. The molecule has 0 aliphatic heterocycles. The standard InChI is InChI=1S/C30H54OSi2/c1-2-14-25(13-1)32(26-15-3-4-16-26,27-17-5-6-18-27)31-33(28-19-7-8-20-28,29-21-9-10-22-29)30-23-11-12-24-30/h25-30H,1-24H2. The maximum absolute atomic E-state index is 8.81. The summed E-state index contributed by atoms with van der Waals surface area (Å²) < 4.78 is 8.81. The minimum absolute atomic E-state index is 1.06. The molecule has 6 aliphatic carbocycles. The van der Waals surface area contributed by atoms with Crippen LogP contribution in [0, 0.1) is 0 Å². The van der Waals surface area contributed by atoms with E-state index < -0.39 is 16.6 Å². The van der Waals surface area contributed by atoms with E-state index in [0.29, 0.717) is 0 Å². The quantitative estimate of drug-likeness (QED) is 0.310. The second-order valence-corrected chi connectivity index (χ2v) is 22.8. The van der Waals surface area contributed by atoms with Crippen molar-refractivity contribution in [1.29, 1.82) is 0 Å². The molecule has 0 unspecified atom stereocenters. The topological polar surface area (TPSA) is 9.23 Å². The van der Waals surface area contributed by atoms with Crippen molar-refractivity contribution in [2.45, 2.75) is 187 Å². The summed E-state index contributed by atoms with van der Waals surface area (Å²) in [4.78, 5) is 0. The van der Waals surface area contributed by atoms with Crippen LogP contribution in [0.4, 0.5) is 0 Å². The Morgan fingerprint density at radius 3 is 0.576 bits per heavy atom. The molecular weight excluding hydrogens is 433 g/mol. The summed E-state index contributed by atoms with van der Waals surface area (Å²) in [5, 5.41) is 0. The zero-order valence-electron chi connectivity index (χ0n) is 21.8. The predicted molar refractivity (Wildman–Crippen MR) is 146 cm³/mol. The molecule has 0 saturated heterocycles. The van der Waals surface area contributed by atoms with Gasteiger partial charge in [-0.05, 0) is 33.2 Å². The molecule has 0 radical (unpaired) electrons. The zero-order valence-corrected chi connectivity index (χ0v) is 23.8. The maximum atomic E-state index is 8.81. The van der Waals surface area contributed by atoms with E-state index >= 15 is 0 Å². The van der Waals surface area contributed by atoms with Crippen LogP contribution in [0.15, 0.2) is 0 Å². The molecule has 0 heterocycles. The largest absolute Gasteiger partial charge is 0.454 e. The molecule has 3 heteroatoms. The van der Waals surface area contributed by atoms with E-state index in [1.165, 1.54) is 77.0 Å². The Kier molecular flexibility index (Phi) is 7.50. The third kappa shape index (κ3) is 4.20. The second kappa shape index (κ2) is 10.4. The van der Waals surface area contributed by atoms with Gasteiger partial charge in [0.05, 0.1) is 0 Å². The summed E-state index contributed by atoms with van der Waals surface area (Å²) in [6.07, 6.45) is 37.3. The molecule has 0 amide bonds. The third-order valence-electron chi connectivity index (χ3n) is 12.3. The fraction of sp³-hybridized carbons (Fsp3) is 1.00. The van der Waals surface area contributed by atoms with Crippen molar-refractivity contribution in [3.05, 3.63) is 0 Å². The molecular formula is C30H54OSi2. The van der Waals surface area contributed by atoms with Crippen molar-refractivity contribution in [3.8, 4) is 0 Å². The van der Waals surface area contributed by atoms with Gasteiger partial charge in [0.2, 0.25) is 0 Å². The summed E-state index contributed by atoms with van der Waals surface area (Å²) in [7, 11) is -3.55. The van der Waals surface area contributed by atoms with Crippen LogP contribution < -0.4 is 0 Å². The van der Waals surface area contributed by atoms with Gasteiger partial charge in [0.15, 0.2) is 16.6 Å². The van der Waals surface area contributed by atoms with Crippen LogP contribution in [0.25, 0.3) is 0 Å². The molecule has 0 N–H and O–H groups in total. The molecule has 6 aliphatic rings. The van der Waals surface area contributed by atoms with E-state index in [1.54, 1.807) is 77.0 Å². The van der Waals surface area contributed by atoms with Crippen LogP contribution in [-0.4, -0.2) is 16.6 Å². The van der Waals surface area contributed by atoms with E-state index in [4.69, 9.17) is 4.12 Å². The van der Waals surface area contributed by atoms with Crippen LogP contribution in [0.5, 0.6) is 0 Å². The van der Waals surface area contributed by atoms with Crippen LogP contribution in [0.1, 0.15) is 154 Å². The molecule has 0 bridgehead atoms. The first-order valence-corrected chi connectivity index (χ1v) is 20.3. The number of hydrogen-bond acceptors (Lipinski definition) is 1. The minimum atomic E-state index is -1.77. The van der Waals surface area contributed by atoms with Crippen molar-refractivity contribution < 1.29 is 4.12 Å². The van der Waals surface area contributed by atoms with Gasteiger partial charge >= 0.3 is 0 Å². The molecule has 33 heavy (non-hydrogen) atoms. The first kappa shape index (κ1) is 23.8. The van der Waals surface area contributed by atoms with Gasteiger partial charge in [-0.25, -0.2) is 0 Å². The van der Waals surface area contributed by atoms with Crippen LogP contribution in [0.3, 0.4) is 0 Å². The Labute approximate surface area is 207 Å². The lowest BCUT2D eigenvalue weighted by molar-refractivity contribution is 0.386. The van der Waals surface area contributed by atoms with Crippen LogP contribution >= 0.6 is 0 Å². The fourth-order valence-corrected chi connectivity index (χ4v) is 29.4. The van der Waals surface area contributed by atoms with Gasteiger partial charge in [0.25, 0.3) is 0 Å². The predicted octanol–water partition coefficient (Wildman–Crippen LogP) is 10.6. The Morgan fingerprint density at radius 1 is 0.273 bits per heavy atom. The summed E-state index contributed by atoms with van der Waals surface area (Å²) in [5.41, 5.74) is 6.33. The lowest BCUT2D eigenvalue weighted by Gasteiger charge is -2.57. The molecule has 188 valence electrons. The molecule has 0 aromatic carbocycles. The van der Waals surface area contributed by atoms with Gasteiger partial charge in [-0.1, -0.05) is 154 Å². The van der Waals surface area contributed by atoms with Crippen LogP contribution in [0.2, 0.25) is 33.2 Å². The van der Waals surface area contributed by atoms with E-state index in [1.807, 2.05) is 0 Å². The van der Waals surface area contributed by atoms with Gasteiger partial charge in [0, 0.05) is 0 Å². The lowest BCUT2D eigenvalue weighted by atomic mass is 10.3. The maximum Gasteiger partial charge on any atom is 0.189 e. The summed E-state index contributed by atoms with van der Waals surface area (Å²) in [6.45, 7) is 0. The van der Waals surface area contributed by atoms with Crippen molar-refractivity contribution in [3.63, 3.8) is 0 Å². The molecule has 6 saturated carbocycles. The highest BCUT2D eigenvalue weighted by Gasteiger charge is 2.64. The minimum Gasteiger partial charge on any atom is -0.454 e. The highest BCUT2D eigenvalue weighted by Crippen LogP contribution is 2.66. The van der Waals surface area contributed by atoms with Gasteiger partial charge < -0.3 is 4.12 Å². The molecule has 0 aromatic heterocycles. The van der Waals surface area contributed by atoms with Crippen LogP contribution in [-0.2, 0) is 4.12 Å². The molecule has 1 nitrogen and oxygen atoms in total. The van der Waals surface area contributed by atoms with Gasteiger partial charge in [-0.2, -0.15) is 0 Å². The van der Waals surface area contributed by atoms with Crippen molar-refractivity contribution in [1.82, 2.24) is 0 Å². The summed E-state index contributed by atoms with van der Waals surface area (Å²) in [6, 6.07) is 0. The molecule has 0 spiro atoms. The zero-order chi connectivity index (χ0) is 22.1. The number of hydrogen-bond donors (Lipinski definition) is 0. The highest BCUT2D eigenvalue weighted by atomic mass is 28.4.